The number of hydrogen-bond donors (Lipinski definition) is 0. The summed E-state index contributed by atoms with van der Waals surface area (Å²) >= 11 is 0. The van der Waals surface area contributed by atoms with Crippen LogP contribution in [0.15, 0.2) is 12.1 Å². The van der Waals surface area contributed by atoms with E-state index in [0.717, 1.165) is 12.8 Å². The second-order valence-corrected chi connectivity index (χ2v) is 7.32. The van der Waals surface area contributed by atoms with E-state index in [1.807, 2.05) is 33.8 Å². The highest BCUT2D eigenvalue weighted by Gasteiger charge is 2.52. The Bertz CT molecular complexity index is 649. The summed E-state index contributed by atoms with van der Waals surface area (Å²) in [4.78, 5) is 0. The summed E-state index contributed by atoms with van der Waals surface area (Å²) < 4.78 is 31.9. The van der Waals surface area contributed by atoms with E-state index in [1.165, 1.54) is 6.07 Å². The first-order valence-corrected chi connectivity index (χ1v) is 7.95. The fourth-order valence-electron chi connectivity index (χ4n) is 2.42. The number of ether oxygens (including phenoxy) is 1. The predicted molar refractivity (Wildman–Crippen MR) is 85.1 cm³/mol. The van der Waals surface area contributed by atoms with Gasteiger partial charge in [0.15, 0.2) is 0 Å². The van der Waals surface area contributed by atoms with E-state index in [4.69, 9.17) is 14.0 Å². The van der Waals surface area contributed by atoms with Crippen molar-refractivity contribution in [2.24, 2.45) is 5.92 Å². The van der Waals surface area contributed by atoms with Crippen LogP contribution < -0.4 is 10.2 Å². The molecule has 0 N–H and O–H groups in total. The summed E-state index contributed by atoms with van der Waals surface area (Å²) in [5.41, 5.74) is -0.628. The van der Waals surface area contributed by atoms with Crippen molar-refractivity contribution >= 4 is 12.6 Å². The highest BCUT2D eigenvalue weighted by Crippen LogP contribution is 2.37. The van der Waals surface area contributed by atoms with Gasteiger partial charge < -0.3 is 14.0 Å². The van der Waals surface area contributed by atoms with E-state index in [1.54, 1.807) is 6.07 Å². The largest absolute Gasteiger partial charge is 0.497 e. The Balaban J connectivity index is 1.90. The molecule has 23 heavy (non-hydrogen) atoms. The average Bonchev–Trinajstić information content (AvgIpc) is 3.24. The van der Waals surface area contributed by atoms with Crippen LogP contribution in [0.5, 0.6) is 5.75 Å². The Hall–Kier alpha value is -1.58. The van der Waals surface area contributed by atoms with Gasteiger partial charge in [-0.3, -0.25) is 0 Å². The standard InChI is InChI=1S/C17H21BFNO3/c1-16(2)17(3,4)23-18(22-16)13-8-15(21-10-11-5-6-11)12(9-20)7-14(13)19/h7-8,11H,5-6,10H2,1-4H3. The van der Waals surface area contributed by atoms with Gasteiger partial charge >= 0.3 is 7.12 Å². The normalized spacial score (nSPS) is 22.0. The molecule has 1 saturated carbocycles. The Kier molecular flexibility index (Phi) is 3.90. The lowest BCUT2D eigenvalue weighted by molar-refractivity contribution is 0.00578. The first kappa shape index (κ1) is 16.3. The minimum atomic E-state index is -0.809. The lowest BCUT2D eigenvalue weighted by Gasteiger charge is -2.32. The summed E-state index contributed by atoms with van der Waals surface area (Å²) in [6.07, 6.45) is 2.29. The SMILES string of the molecule is CC1(C)OB(c2cc(OCC3CC3)c(C#N)cc2F)OC1(C)C. The van der Waals surface area contributed by atoms with Gasteiger partial charge in [0.25, 0.3) is 0 Å². The van der Waals surface area contributed by atoms with E-state index in [9.17, 15) is 9.65 Å². The Labute approximate surface area is 136 Å². The van der Waals surface area contributed by atoms with Gasteiger partial charge in [0.2, 0.25) is 0 Å². The summed E-state index contributed by atoms with van der Waals surface area (Å²) in [5, 5.41) is 9.19. The molecule has 122 valence electrons. The van der Waals surface area contributed by atoms with Crippen LogP contribution in [0.1, 0.15) is 46.1 Å². The summed E-state index contributed by atoms with van der Waals surface area (Å²) in [5.74, 6) is 0.427. The first-order chi connectivity index (χ1) is 10.7. The molecule has 1 heterocycles. The van der Waals surface area contributed by atoms with Gasteiger partial charge in [0.05, 0.1) is 23.4 Å². The molecule has 0 unspecified atom stereocenters. The van der Waals surface area contributed by atoms with Crippen LogP contribution in [0, 0.1) is 23.1 Å². The second kappa shape index (κ2) is 5.50. The number of hydrogen-bond acceptors (Lipinski definition) is 4. The van der Waals surface area contributed by atoms with Crippen LogP contribution in [0.25, 0.3) is 0 Å². The van der Waals surface area contributed by atoms with Crippen LogP contribution in [-0.4, -0.2) is 24.9 Å². The number of halogens is 1. The van der Waals surface area contributed by atoms with Crippen LogP contribution in [0.2, 0.25) is 0 Å². The zero-order valence-electron chi connectivity index (χ0n) is 14.0. The molecule has 0 spiro atoms. The van der Waals surface area contributed by atoms with E-state index in [0.29, 0.717) is 18.3 Å². The number of nitrogens with zero attached hydrogens (tertiary/aromatic N) is 1. The van der Waals surface area contributed by atoms with Gasteiger partial charge in [-0.1, -0.05) is 0 Å². The van der Waals surface area contributed by atoms with Crippen LogP contribution >= 0.6 is 0 Å². The van der Waals surface area contributed by atoms with Crippen molar-refractivity contribution in [3.63, 3.8) is 0 Å². The molecule has 0 bridgehead atoms. The maximum absolute atomic E-state index is 14.4. The minimum absolute atomic E-state index is 0.198. The topological polar surface area (TPSA) is 51.5 Å². The van der Waals surface area contributed by atoms with Gasteiger partial charge in [0.1, 0.15) is 17.6 Å². The fraction of sp³-hybridized carbons (Fsp3) is 0.588. The smallest absolute Gasteiger partial charge is 0.492 e. The monoisotopic (exact) mass is 317 g/mol. The second-order valence-electron chi connectivity index (χ2n) is 7.32. The summed E-state index contributed by atoms with van der Waals surface area (Å²) in [6, 6.07) is 4.72. The average molecular weight is 317 g/mol. The minimum Gasteiger partial charge on any atom is -0.492 e. The van der Waals surface area contributed by atoms with Gasteiger partial charge in [-0.15, -0.1) is 0 Å². The Morgan fingerprint density at radius 1 is 1.26 bits per heavy atom. The molecule has 2 fully saturated rings. The van der Waals surface area contributed by atoms with Crippen molar-refractivity contribution in [3.8, 4) is 11.8 Å². The van der Waals surface area contributed by atoms with Gasteiger partial charge in [-0.25, -0.2) is 4.39 Å². The molecule has 0 aromatic heterocycles. The molecular formula is C17H21BFNO3. The first-order valence-electron chi connectivity index (χ1n) is 7.95. The molecule has 1 aromatic carbocycles. The third kappa shape index (κ3) is 3.08. The quantitative estimate of drug-likeness (QED) is 0.801. The molecule has 4 nitrogen and oxygen atoms in total. The molecule has 6 heteroatoms. The number of benzene rings is 1. The van der Waals surface area contributed by atoms with Gasteiger partial charge in [-0.05, 0) is 58.6 Å². The fourth-order valence-corrected chi connectivity index (χ4v) is 2.42. The molecule has 0 radical (unpaired) electrons. The predicted octanol–water partition coefficient (Wildman–Crippen LogP) is 2.79. The van der Waals surface area contributed by atoms with Crippen molar-refractivity contribution in [3.05, 3.63) is 23.5 Å². The molecule has 1 aliphatic heterocycles. The third-order valence-electron chi connectivity index (χ3n) is 4.90. The lowest BCUT2D eigenvalue weighted by atomic mass is 9.78. The summed E-state index contributed by atoms with van der Waals surface area (Å²) in [7, 11) is -0.809. The molecule has 1 saturated heterocycles. The Morgan fingerprint density at radius 3 is 2.39 bits per heavy atom. The van der Waals surface area contributed by atoms with Crippen molar-refractivity contribution in [1.29, 1.82) is 5.26 Å². The van der Waals surface area contributed by atoms with Crippen molar-refractivity contribution in [1.82, 2.24) is 0 Å². The molecule has 1 aromatic rings. The molecular weight excluding hydrogens is 296 g/mol. The third-order valence-corrected chi connectivity index (χ3v) is 4.90. The number of rotatable bonds is 4. The summed E-state index contributed by atoms with van der Waals surface area (Å²) in [6.45, 7) is 8.22. The lowest BCUT2D eigenvalue weighted by Crippen LogP contribution is -2.41. The maximum Gasteiger partial charge on any atom is 0.497 e. The van der Waals surface area contributed by atoms with Gasteiger partial charge in [0, 0.05) is 5.46 Å². The maximum atomic E-state index is 14.4. The van der Waals surface area contributed by atoms with Gasteiger partial charge in [-0.2, -0.15) is 5.26 Å². The number of nitriles is 1. The Morgan fingerprint density at radius 2 is 1.87 bits per heavy atom. The van der Waals surface area contributed by atoms with Crippen LogP contribution in [-0.2, 0) is 9.31 Å². The highest BCUT2D eigenvalue weighted by molar-refractivity contribution is 6.62. The van der Waals surface area contributed by atoms with E-state index in [2.05, 4.69) is 0 Å². The molecule has 0 amide bonds. The molecule has 3 rings (SSSR count). The van der Waals surface area contributed by atoms with E-state index in [-0.39, 0.29) is 11.0 Å². The zero-order valence-corrected chi connectivity index (χ0v) is 14.0. The molecule has 2 aliphatic rings. The van der Waals surface area contributed by atoms with Crippen molar-refractivity contribution in [2.45, 2.75) is 51.7 Å². The van der Waals surface area contributed by atoms with E-state index >= 15 is 0 Å². The van der Waals surface area contributed by atoms with Crippen LogP contribution in [0.3, 0.4) is 0 Å². The molecule has 1 aliphatic carbocycles. The van der Waals surface area contributed by atoms with Crippen molar-refractivity contribution in [2.75, 3.05) is 6.61 Å². The zero-order chi connectivity index (χ0) is 16.8. The molecule has 0 atom stereocenters. The van der Waals surface area contributed by atoms with Crippen molar-refractivity contribution < 1.29 is 18.4 Å². The van der Waals surface area contributed by atoms with Crippen LogP contribution in [0.4, 0.5) is 4.39 Å². The van der Waals surface area contributed by atoms with E-state index < -0.39 is 24.1 Å². The highest BCUT2D eigenvalue weighted by atomic mass is 19.1.